The summed E-state index contributed by atoms with van der Waals surface area (Å²) in [7, 11) is 0. The summed E-state index contributed by atoms with van der Waals surface area (Å²) in [6.45, 7) is 4.18. The molecule has 0 aliphatic heterocycles. The first kappa shape index (κ1) is 12.9. The molecule has 0 radical (unpaired) electrons. The van der Waals surface area contributed by atoms with Crippen LogP contribution < -0.4 is 9.47 Å². The molecule has 0 spiro atoms. The minimum atomic E-state index is 0.320. The van der Waals surface area contributed by atoms with Gasteiger partial charge in [0.05, 0.1) is 0 Å². The summed E-state index contributed by atoms with van der Waals surface area (Å²) in [4.78, 5) is 4.27. The van der Waals surface area contributed by atoms with Crippen LogP contribution in [0, 0.1) is 25.4 Å². The highest BCUT2D eigenvalue weighted by atomic mass is 16.5. The number of hydrogen-bond donors (Lipinski definition) is 0. The highest BCUT2D eigenvalue weighted by Gasteiger charge is 2.08. The summed E-state index contributed by atoms with van der Waals surface area (Å²) in [5.41, 5.74) is 2.77. The lowest BCUT2D eigenvalue weighted by Gasteiger charge is -2.11. The molecule has 0 amide bonds. The van der Waals surface area contributed by atoms with Gasteiger partial charge in [-0.15, -0.1) is 5.26 Å². The van der Waals surface area contributed by atoms with E-state index in [0.717, 1.165) is 16.8 Å². The molecule has 0 unspecified atom stereocenters. The maximum atomic E-state index is 8.63. The van der Waals surface area contributed by atoms with Crippen LogP contribution in [0.25, 0.3) is 0 Å². The number of benzene rings is 1. The van der Waals surface area contributed by atoms with E-state index in [1.807, 2.05) is 38.1 Å². The smallest absolute Gasteiger partial charge is 0.292 e. The molecule has 2 aromatic rings. The average Bonchev–Trinajstić information content (AvgIpc) is 2.38. The molecule has 0 atom stereocenters. The summed E-state index contributed by atoms with van der Waals surface area (Å²) >= 11 is 0. The lowest BCUT2D eigenvalue weighted by Crippen LogP contribution is -2.02. The molecule has 0 N–H and O–H groups in total. The molecule has 0 aliphatic carbocycles. The molecule has 0 bridgehead atoms. The third kappa shape index (κ3) is 3.23. The zero-order valence-corrected chi connectivity index (χ0v) is 10.9. The lowest BCUT2D eigenvalue weighted by molar-refractivity contribution is 0.288. The van der Waals surface area contributed by atoms with Crippen molar-refractivity contribution in [1.29, 1.82) is 5.26 Å². The molecule has 0 fully saturated rings. The van der Waals surface area contributed by atoms with Crippen molar-refractivity contribution in [3.05, 3.63) is 53.2 Å². The van der Waals surface area contributed by atoms with Crippen molar-refractivity contribution < 1.29 is 9.47 Å². The van der Waals surface area contributed by atoms with E-state index in [1.54, 1.807) is 18.4 Å². The molecular formula is C15H14N2O2. The Kier molecular flexibility index (Phi) is 3.99. The molecule has 96 valence electrons. The fourth-order valence-electron chi connectivity index (χ4n) is 1.75. The second-order valence-corrected chi connectivity index (χ2v) is 4.15. The molecular weight excluding hydrogens is 240 g/mol. The highest BCUT2D eigenvalue weighted by Crippen LogP contribution is 2.23. The Morgan fingerprint density at radius 1 is 1.16 bits per heavy atom. The Morgan fingerprint density at radius 2 is 1.95 bits per heavy atom. The first-order valence-corrected chi connectivity index (χ1v) is 5.91. The van der Waals surface area contributed by atoms with Gasteiger partial charge in [0.15, 0.2) is 0 Å². The van der Waals surface area contributed by atoms with Crippen LogP contribution in [-0.2, 0) is 6.61 Å². The summed E-state index contributed by atoms with van der Waals surface area (Å²) in [6, 6.07) is 11.1. The Morgan fingerprint density at radius 3 is 2.68 bits per heavy atom. The van der Waals surface area contributed by atoms with Gasteiger partial charge < -0.3 is 9.47 Å². The van der Waals surface area contributed by atoms with Crippen molar-refractivity contribution in [2.24, 2.45) is 0 Å². The number of rotatable bonds is 4. The van der Waals surface area contributed by atoms with E-state index in [2.05, 4.69) is 4.98 Å². The Bertz CT molecular complexity index is 618. The highest BCUT2D eigenvalue weighted by molar-refractivity contribution is 5.40. The normalized spacial score (nSPS) is 9.74. The van der Waals surface area contributed by atoms with Crippen molar-refractivity contribution >= 4 is 0 Å². The predicted octanol–water partition coefficient (Wildman–Crippen LogP) is 3.14. The summed E-state index contributed by atoms with van der Waals surface area (Å²) in [5, 5.41) is 8.63. The van der Waals surface area contributed by atoms with Crippen molar-refractivity contribution in [2.45, 2.75) is 20.5 Å². The second kappa shape index (κ2) is 5.87. The fraction of sp³-hybridized carbons (Fsp3) is 0.200. The number of nitrogens with zero attached hydrogens (tertiary/aromatic N) is 2. The van der Waals surface area contributed by atoms with Crippen molar-refractivity contribution in [3.8, 4) is 17.9 Å². The van der Waals surface area contributed by atoms with Gasteiger partial charge in [0.2, 0.25) is 5.88 Å². The molecule has 4 nitrogen and oxygen atoms in total. The maximum absolute atomic E-state index is 8.63. The monoisotopic (exact) mass is 254 g/mol. The van der Waals surface area contributed by atoms with Gasteiger partial charge in [-0.05, 0) is 31.5 Å². The number of nitriles is 1. The first-order chi connectivity index (χ1) is 9.20. The summed E-state index contributed by atoms with van der Waals surface area (Å²) in [6.07, 6.45) is 1.69. The van der Waals surface area contributed by atoms with Crippen LogP contribution in [-0.4, -0.2) is 4.98 Å². The van der Waals surface area contributed by atoms with Crippen molar-refractivity contribution in [1.82, 2.24) is 4.98 Å². The van der Waals surface area contributed by atoms with E-state index in [9.17, 15) is 0 Å². The molecule has 1 aromatic heterocycles. The molecule has 2 rings (SSSR count). The van der Waals surface area contributed by atoms with Crippen LogP contribution in [0.5, 0.6) is 11.6 Å². The Balaban J connectivity index is 2.17. The van der Waals surface area contributed by atoms with Gasteiger partial charge >= 0.3 is 0 Å². The van der Waals surface area contributed by atoms with Crippen LogP contribution in [0.15, 0.2) is 36.4 Å². The van der Waals surface area contributed by atoms with Gasteiger partial charge in [-0.1, -0.05) is 18.2 Å². The summed E-state index contributed by atoms with van der Waals surface area (Å²) in [5.74, 6) is 1.08. The predicted molar refractivity (Wildman–Crippen MR) is 70.7 cm³/mol. The van der Waals surface area contributed by atoms with Crippen LogP contribution in [0.1, 0.15) is 16.8 Å². The van der Waals surface area contributed by atoms with E-state index in [-0.39, 0.29) is 0 Å². The molecule has 0 saturated heterocycles. The van der Waals surface area contributed by atoms with Gasteiger partial charge in [0.1, 0.15) is 12.4 Å². The zero-order valence-electron chi connectivity index (χ0n) is 10.9. The van der Waals surface area contributed by atoms with Crippen LogP contribution in [0.2, 0.25) is 0 Å². The van der Waals surface area contributed by atoms with E-state index in [1.165, 1.54) is 0 Å². The molecule has 0 aliphatic rings. The molecule has 1 heterocycles. The third-order valence-corrected chi connectivity index (χ3v) is 2.75. The van der Waals surface area contributed by atoms with Crippen molar-refractivity contribution in [3.63, 3.8) is 0 Å². The molecule has 19 heavy (non-hydrogen) atoms. The Hall–Kier alpha value is -2.54. The zero-order chi connectivity index (χ0) is 13.7. The standard InChI is InChI=1S/C15H14N2O2/c1-11-5-3-7-14(19-10-16)13(11)9-18-15-8-4-6-12(2)17-15/h3-8H,9H2,1-2H3. The number of hydrogen-bond acceptors (Lipinski definition) is 4. The second-order valence-electron chi connectivity index (χ2n) is 4.15. The number of aryl methyl sites for hydroxylation is 2. The van der Waals surface area contributed by atoms with Crippen LogP contribution in [0.3, 0.4) is 0 Å². The van der Waals surface area contributed by atoms with Crippen molar-refractivity contribution in [2.75, 3.05) is 0 Å². The fourth-order valence-corrected chi connectivity index (χ4v) is 1.75. The van der Waals surface area contributed by atoms with Gasteiger partial charge in [-0.3, -0.25) is 0 Å². The van der Waals surface area contributed by atoms with Crippen LogP contribution in [0.4, 0.5) is 0 Å². The largest absolute Gasteiger partial charge is 0.473 e. The Labute approximate surface area is 112 Å². The van der Waals surface area contributed by atoms with E-state index in [0.29, 0.717) is 18.2 Å². The topological polar surface area (TPSA) is 55.1 Å². The number of pyridine rings is 1. The first-order valence-electron chi connectivity index (χ1n) is 5.91. The maximum Gasteiger partial charge on any atom is 0.292 e. The minimum absolute atomic E-state index is 0.320. The minimum Gasteiger partial charge on any atom is -0.473 e. The van der Waals surface area contributed by atoms with E-state index in [4.69, 9.17) is 14.7 Å². The van der Waals surface area contributed by atoms with Gasteiger partial charge in [0.25, 0.3) is 6.26 Å². The molecule has 4 heteroatoms. The molecule has 1 aromatic carbocycles. The van der Waals surface area contributed by atoms with Gasteiger partial charge in [-0.2, -0.15) is 0 Å². The van der Waals surface area contributed by atoms with Crippen LogP contribution >= 0.6 is 0 Å². The van der Waals surface area contributed by atoms with Gasteiger partial charge in [-0.25, -0.2) is 4.98 Å². The number of ether oxygens (including phenoxy) is 2. The molecule has 0 saturated carbocycles. The van der Waals surface area contributed by atoms with Gasteiger partial charge in [0, 0.05) is 17.3 Å². The quantitative estimate of drug-likeness (QED) is 0.786. The van der Waals surface area contributed by atoms with E-state index < -0.39 is 0 Å². The average molecular weight is 254 g/mol. The van der Waals surface area contributed by atoms with E-state index >= 15 is 0 Å². The SMILES string of the molecule is Cc1cccc(OCc2c(C)cccc2OC#N)n1. The lowest BCUT2D eigenvalue weighted by atomic mass is 10.1. The summed E-state index contributed by atoms with van der Waals surface area (Å²) < 4.78 is 10.6. The third-order valence-electron chi connectivity index (χ3n) is 2.75. The number of aromatic nitrogens is 1.